The summed E-state index contributed by atoms with van der Waals surface area (Å²) >= 11 is 0. The molecule has 0 saturated carbocycles. The predicted molar refractivity (Wildman–Crippen MR) is 67.5 cm³/mol. The third-order valence-electron chi connectivity index (χ3n) is 3.13. The number of halogens is 5. The Kier molecular flexibility index (Phi) is 2.84. The highest BCUT2D eigenvalue weighted by Gasteiger charge is 2.65. The van der Waals surface area contributed by atoms with Crippen LogP contribution in [0.5, 0.6) is 0 Å². The monoisotopic (exact) mass is 302 g/mol. The standard InChI is InChI=1S/C11H15F5N2S/c1-17-5-7-18(8-6-17)10-3-2-4-11(9-10)19(12,13,14,15)16/h2-4,9H,5-8H2,1H3. The van der Waals surface area contributed by atoms with Gasteiger partial charge in [0.1, 0.15) is 4.90 Å². The molecule has 2 nitrogen and oxygen atoms in total. The Bertz CT molecular complexity index is 479. The lowest BCUT2D eigenvalue weighted by atomic mass is 10.2. The van der Waals surface area contributed by atoms with Crippen LogP contribution in [0.1, 0.15) is 0 Å². The van der Waals surface area contributed by atoms with Gasteiger partial charge >= 0.3 is 10.2 Å². The predicted octanol–water partition coefficient (Wildman–Crippen LogP) is 4.10. The van der Waals surface area contributed by atoms with Gasteiger partial charge in [0.25, 0.3) is 0 Å². The van der Waals surface area contributed by atoms with Crippen LogP contribution in [0.15, 0.2) is 29.2 Å². The number of piperazine rings is 1. The molecule has 19 heavy (non-hydrogen) atoms. The fourth-order valence-corrected chi connectivity index (χ4v) is 2.66. The molecular weight excluding hydrogens is 287 g/mol. The molecule has 0 bridgehead atoms. The summed E-state index contributed by atoms with van der Waals surface area (Å²) in [6, 6.07) is 3.44. The molecule has 1 aromatic carbocycles. The van der Waals surface area contributed by atoms with Crippen LogP contribution in [0.25, 0.3) is 0 Å². The Balaban J connectivity index is 2.31. The van der Waals surface area contributed by atoms with Crippen molar-refractivity contribution in [2.24, 2.45) is 0 Å². The van der Waals surface area contributed by atoms with Crippen molar-refractivity contribution >= 4 is 15.9 Å². The molecule has 0 N–H and O–H groups in total. The molecule has 110 valence electrons. The van der Waals surface area contributed by atoms with Crippen LogP contribution < -0.4 is 4.90 Å². The fraction of sp³-hybridized carbons (Fsp3) is 0.455. The van der Waals surface area contributed by atoms with Crippen LogP contribution in [-0.4, -0.2) is 38.1 Å². The van der Waals surface area contributed by atoms with E-state index in [-0.39, 0.29) is 5.69 Å². The lowest BCUT2D eigenvalue weighted by molar-refractivity contribution is 0.312. The van der Waals surface area contributed by atoms with Gasteiger partial charge in [-0.2, -0.15) is 0 Å². The first-order chi connectivity index (χ1) is 8.45. The maximum Gasteiger partial charge on any atom is 0.310 e. The second kappa shape index (κ2) is 3.76. The molecule has 2 rings (SSSR count). The van der Waals surface area contributed by atoms with Gasteiger partial charge < -0.3 is 9.80 Å². The zero-order chi connectivity index (χ0) is 14.4. The molecule has 0 radical (unpaired) electrons. The molecule has 0 spiro atoms. The molecule has 1 aliphatic heterocycles. The van der Waals surface area contributed by atoms with E-state index in [4.69, 9.17) is 0 Å². The molecule has 1 fully saturated rings. The number of hydrogen-bond acceptors (Lipinski definition) is 2. The molecule has 1 aromatic rings. The first-order valence-electron chi connectivity index (χ1n) is 5.73. The van der Waals surface area contributed by atoms with Gasteiger partial charge in [0.2, 0.25) is 0 Å². The van der Waals surface area contributed by atoms with E-state index in [1.807, 2.05) is 11.9 Å². The highest BCUT2D eigenvalue weighted by atomic mass is 32.5. The Morgan fingerprint density at radius 1 is 0.947 bits per heavy atom. The summed E-state index contributed by atoms with van der Waals surface area (Å²) in [6.07, 6.45) is 0. The topological polar surface area (TPSA) is 6.48 Å². The maximum absolute atomic E-state index is 12.7. The smallest absolute Gasteiger partial charge is 0.310 e. The Labute approximate surface area is 108 Å². The minimum Gasteiger partial charge on any atom is -0.369 e. The third kappa shape index (κ3) is 3.50. The lowest BCUT2D eigenvalue weighted by Gasteiger charge is -2.41. The number of anilines is 1. The molecule has 1 saturated heterocycles. The molecule has 0 amide bonds. The summed E-state index contributed by atoms with van der Waals surface area (Å²) in [5, 5.41) is 0. The molecule has 8 heteroatoms. The zero-order valence-corrected chi connectivity index (χ0v) is 11.1. The summed E-state index contributed by atoms with van der Waals surface area (Å²) < 4.78 is 63.7. The van der Waals surface area contributed by atoms with Crippen molar-refractivity contribution in [2.75, 3.05) is 38.1 Å². The number of likely N-dealkylation sites (N-methyl/N-ethyl adjacent to an activating group) is 1. The van der Waals surface area contributed by atoms with E-state index < -0.39 is 15.1 Å². The second-order valence-electron chi connectivity index (χ2n) is 4.76. The van der Waals surface area contributed by atoms with Gasteiger partial charge in [-0.15, -0.1) is 0 Å². The molecule has 0 unspecified atom stereocenters. The molecule has 0 aliphatic carbocycles. The van der Waals surface area contributed by atoms with Crippen molar-refractivity contribution in [3.05, 3.63) is 24.3 Å². The molecule has 1 heterocycles. The number of nitrogens with zero attached hydrogens (tertiary/aromatic N) is 2. The lowest BCUT2D eigenvalue weighted by Crippen LogP contribution is -2.44. The van der Waals surface area contributed by atoms with E-state index in [1.54, 1.807) is 4.90 Å². The number of hydrogen-bond donors (Lipinski definition) is 0. The SMILES string of the molecule is CN1CCN(c2cccc(S(F)(F)(F)(F)F)c2)CC1. The van der Waals surface area contributed by atoms with Crippen LogP contribution in [0.2, 0.25) is 0 Å². The number of rotatable bonds is 2. The summed E-state index contributed by atoms with van der Waals surface area (Å²) in [5.41, 5.74) is 0.193. The van der Waals surface area contributed by atoms with Crippen molar-refractivity contribution in [2.45, 2.75) is 4.90 Å². The Hall–Kier alpha value is -1.02. The van der Waals surface area contributed by atoms with Crippen molar-refractivity contribution in [3.8, 4) is 0 Å². The van der Waals surface area contributed by atoms with Gasteiger partial charge in [0, 0.05) is 31.9 Å². The average molecular weight is 302 g/mol. The van der Waals surface area contributed by atoms with Crippen molar-refractivity contribution in [1.29, 1.82) is 0 Å². The molecular formula is C11H15F5N2S. The van der Waals surface area contributed by atoms with Gasteiger partial charge in [-0.1, -0.05) is 25.5 Å². The highest BCUT2D eigenvalue weighted by Crippen LogP contribution is 3.02. The molecule has 1 aliphatic rings. The van der Waals surface area contributed by atoms with Crippen molar-refractivity contribution in [1.82, 2.24) is 4.90 Å². The highest BCUT2D eigenvalue weighted by molar-refractivity contribution is 8.45. The molecule has 0 atom stereocenters. The van der Waals surface area contributed by atoms with Crippen molar-refractivity contribution in [3.63, 3.8) is 0 Å². The summed E-state index contributed by atoms with van der Waals surface area (Å²) in [7, 11) is -7.68. The van der Waals surface area contributed by atoms with Crippen LogP contribution in [0.4, 0.5) is 25.1 Å². The van der Waals surface area contributed by atoms with Crippen LogP contribution >= 0.6 is 10.2 Å². The minimum absolute atomic E-state index is 0.193. The fourth-order valence-electron chi connectivity index (χ4n) is 1.98. The quantitative estimate of drug-likeness (QED) is 0.759. The van der Waals surface area contributed by atoms with Gasteiger partial charge in [0.05, 0.1) is 0 Å². The zero-order valence-electron chi connectivity index (χ0n) is 10.3. The summed E-state index contributed by atoms with van der Waals surface area (Å²) in [6.45, 7) is 2.45. The van der Waals surface area contributed by atoms with E-state index in [1.165, 1.54) is 6.07 Å². The van der Waals surface area contributed by atoms with Crippen LogP contribution in [0, 0.1) is 0 Å². The van der Waals surface area contributed by atoms with E-state index in [0.29, 0.717) is 38.3 Å². The van der Waals surface area contributed by atoms with E-state index in [0.717, 1.165) is 6.07 Å². The van der Waals surface area contributed by atoms with Gasteiger partial charge in [-0.3, -0.25) is 0 Å². The van der Waals surface area contributed by atoms with Crippen molar-refractivity contribution < 1.29 is 19.4 Å². The van der Waals surface area contributed by atoms with Crippen LogP contribution in [-0.2, 0) is 0 Å². The first kappa shape index (κ1) is 14.4. The van der Waals surface area contributed by atoms with Gasteiger partial charge in [-0.05, 0) is 25.2 Å². The second-order valence-corrected chi connectivity index (χ2v) is 7.17. The first-order valence-corrected chi connectivity index (χ1v) is 7.68. The van der Waals surface area contributed by atoms with E-state index in [9.17, 15) is 19.4 Å². The largest absolute Gasteiger partial charge is 0.369 e. The molecule has 0 aromatic heterocycles. The summed E-state index contributed by atoms with van der Waals surface area (Å²) in [5.74, 6) is 0. The minimum atomic E-state index is -9.59. The van der Waals surface area contributed by atoms with E-state index >= 15 is 0 Å². The van der Waals surface area contributed by atoms with Crippen LogP contribution in [0.3, 0.4) is 0 Å². The normalized spacial score (nSPS) is 21.9. The Morgan fingerprint density at radius 3 is 2.05 bits per heavy atom. The summed E-state index contributed by atoms with van der Waals surface area (Å²) in [4.78, 5) is 1.90. The number of benzene rings is 1. The van der Waals surface area contributed by atoms with Gasteiger partial charge in [-0.25, -0.2) is 0 Å². The Morgan fingerprint density at radius 2 is 1.53 bits per heavy atom. The maximum atomic E-state index is 12.7. The third-order valence-corrected chi connectivity index (χ3v) is 4.28. The average Bonchev–Trinajstić information content (AvgIpc) is 2.27. The van der Waals surface area contributed by atoms with Gasteiger partial charge in [0.15, 0.2) is 0 Å². The van der Waals surface area contributed by atoms with E-state index in [2.05, 4.69) is 0 Å².